The van der Waals surface area contributed by atoms with E-state index in [1.807, 2.05) is 5.51 Å². The lowest BCUT2D eigenvalue weighted by Crippen LogP contribution is -2.32. The summed E-state index contributed by atoms with van der Waals surface area (Å²) in [5.41, 5.74) is 3.13. The van der Waals surface area contributed by atoms with Crippen LogP contribution in [0.2, 0.25) is 0 Å². The molecule has 2 N–H and O–H groups in total. The zero-order valence-corrected chi connectivity index (χ0v) is 10.6. The summed E-state index contributed by atoms with van der Waals surface area (Å²) < 4.78 is 0. The first-order valence-electron chi connectivity index (χ1n) is 6.23. The molecule has 1 atom stereocenters. The number of hydrogen-bond donors (Lipinski definition) is 2. The third-order valence-electron chi connectivity index (χ3n) is 3.17. The maximum absolute atomic E-state index is 4.27. The van der Waals surface area contributed by atoms with E-state index in [9.17, 15) is 0 Å². The van der Waals surface area contributed by atoms with Gasteiger partial charge in [0.15, 0.2) is 0 Å². The molecule has 1 saturated heterocycles. The van der Waals surface area contributed by atoms with Crippen molar-refractivity contribution in [2.45, 2.75) is 25.7 Å². The maximum Gasteiger partial charge on any atom is 0.0794 e. The van der Waals surface area contributed by atoms with Crippen molar-refractivity contribution in [1.29, 1.82) is 0 Å². The first-order chi connectivity index (χ1) is 7.95. The van der Waals surface area contributed by atoms with Gasteiger partial charge in [0.25, 0.3) is 0 Å². The van der Waals surface area contributed by atoms with E-state index < -0.39 is 0 Å². The molecule has 0 aliphatic carbocycles. The van der Waals surface area contributed by atoms with Crippen LogP contribution < -0.4 is 10.6 Å². The van der Waals surface area contributed by atoms with Crippen LogP contribution in [0.25, 0.3) is 0 Å². The van der Waals surface area contributed by atoms with Crippen LogP contribution in [0.4, 0.5) is 0 Å². The molecule has 0 saturated carbocycles. The molecule has 1 aliphatic rings. The van der Waals surface area contributed by atoms with Crippen LogP contribution in [0.15, 0.2) is 10.9 Å². The minimum atomic E-state index is 0.889. The van der Waals surface area contributed by atoms with Gasteiger partial charge in [0.2, 0.25) is 0 Å². The van der Waals surface area contributed by atoms with Crippen molar-refractivity contribution in [2.75, 3.05) is 26.2 Å². The van der Waals surface area contributed by atoms with Crippen LogP contribution in [0.5, 0.6) is 0 Å². The molecule has 0 aromatic carbocycles. The van der Waals surface area contributed by atoms with Crippen LogP contribution in [-0.4, -0.2) is 31.2 Å². The standard InChI is InChI=1S/C12H21N3S/c1-2-11(8-14-5-1)3-6-13-7-4-12-9-16-10-15-12/h9-11,13-14H,1-8H2. The van der Waals surface area contributed by atoms with E-state index in [2.05, 4.69) is 21.0 Å². The molecule has 16 heavy (non-hydrogen) atoms. The predicted molar refractivity (Wildman–Crippen MR) is 68.9 cm³/mol. The summed E-state index contributed by atoms with van der Waals surface area (Å²) in [6, 6.07) is 0. The summed E-state index contributed by atoms with van der Waals surface area (Å²) in [6.45, 7) is 4.64. The maximum atomic E-state index is 4.27. The summed E-state index contributed by atoms with van der Waals surface area (Å²) in [7, 11) is 0. The number of nitrogens with one attached hydrogen (secondary N) is 2. The lowest BCUT2D eigenvalue weighted by Gasteiger charge is -2.22. The molecule has 1 aromatic rings. The van der Waals surface area contributed by atoms with Crippen LogP contribution in [0.1, 0.15) is 25.0 Å². The van der Waals surface area contributed by atoms with Crippen molar-refractivity contribution >= 4 is 11.3 Å². The number of hydrogen-bond acceptors (Lipinski definition) is 4. The fraction of sp³-hybridized carbons (Fsp3) is 0.750. The second-order valence-electron chi connectivity index (χ2n) is 4.48. The van der Waals surface area contributed by atoms with Gasteiger partial charge < -0.3 is 10.6 Å². The van der Waals surface area contributed by atoms with Gasteiger partial charge in [-0.15, -0.1) is 11.3 Å². The smallest absolute Gasteiger partial charge is 0.0794 e. The van der Waals surface area contributed by atoms with Gasteiger partial charge in [-0.3, -0.25) is 0 Å². The average Bonchev–Trinajstić information content (AvgIpc) is 2.83. The Morgan fingerprint density at radius 2 is 2.50 bits per heavy atom. The Morgan fingerprint density at radius 3 is 3.25 bits per heavy atom. The summed E-state index contributed by atoms with van der Waals surface area (Å²) in [6.07, 6.45) is 5.13. The van der Waals surface area contributed by atoms with Crippen molar-refractivity contribution in [3.05, 3.63) is 16.6 Å². The summed E-state index contributed by atoms with van der Waals surface area (Å²) in [4.78, 5) is 4.27. The molecule has 0 amide bonds. The highest BCUT2D eigenvalue weighted by molar-refractivity contribution is 7.07. The number of piperidine rings is 1. The number of aromatic nitrogens is 1. The van der Waals surface area contributed by atoms with Crippen LogP contribution in [0.3, 0.4) is 0 Å². The molecule has 1 unspecified atom stereocenters. The van der Waals surface area contributed by atoms with Gasteiger partial charge in [0.1, 0.15) is 0 Å². The van der Waals surface area contributed by atoms with Gasteiger partial charge in [-0.2, -0.15) is 0 Å². The predicted octanol–water partition coefficient (Wildman–Crippen LogP) is 1.66. The molecule has 1 aromatic heterocycles. The molecular weight excluding hydrogens is 218 g/mol. The van der Waals surface area contributed by atoms with E-state index in [0.717, 1.165) is 25.4 Å². The fourth-order valence-corrected chi connectivity index (χ4v) is 2.77. The lowest BCUT2D eigenvalue weighted by atomic mass is 9.96. The molecule has 0 bridgehead atoms. The van der Waals surface area contributed by atoms with Crippen LogP contribution >= 0.6 is 11.3 Å². The SMILES string of the molecule is c1nc(CCNCCC2CCCNC2)cs1. The Labute approximate surface area is 102 Å². The number of thiazole rings is 1. The summed E-state index contributed by atoms with van der Waals surface area (Å²) in [5, 5.41) is 9.10. The van der Waals surface area contributed by atoms with Gasteiger partial charge in [0, 0.05) is 18.3 Å². The minimum absolute atomic E-state index is 0.889. The zero-order chi connectivity index (χ0) is 11.1. The Kier molecular flexibility index (Phi) is 5.25. The monoisotopic (exact) mass is 239 g/mol. The third kappa shape index (κ3) is 4.20. The first kappa shape index (κ1) is 12.0. The lowest BCUT2D eigenvalue weighted by molar-refractivity contribution is 0.352. The van der Waals surface area contributed by atoms with Crippen molar-refractivity contribution in [1.82, 2.24) is 15.6 Å². The van der Waals surface area contributed by atoms with Crippen LogP contribution in [0, 0.1) is 5.92 Å². The Morgan fingerprint density at radius 1 is 1.50 bits per heavy atom. The highest BCUT2D eigenvalue weighted by Gasteiger charge is 2.11. The van der Waals surface area contributed by atoms with Gasteiger partial charge >= 0.3 is 0 Å². The molecule has 4 heteroatoms. The van der Waals surface area contributed by atoms with E-state index in [0.29, 0.717) is 0 Å². The normalized spacial score (nSPS) is 21.1. The number of rotatable bonds is 6. The highest BCUT2D eigenvalue weighted by atomic mass is 32.1. The molecule has 3 nitrogen and oxygen atoms in total. The van der Waals surface area contributed by atoms with E-state index >= 15 is 0 Å². The van der Waals surface area contributed by atoms with Crippen molar-refractivity contribution in [3.63, 3.8) is 0 Å². The molecular formula is C12H21N3S. The van der Waals surface area contributed by atoms with E-state index in [1.54, 1.807) is 11.3 Å². The third-order valence-corrected chi connectivity index (χ3v) is 3.80. The van der Waals surface area contributed by atoms with Gasteiger partial charge in [-0.1, -0.05) is 0 Å². The largest absolute Gasteiger partial charge is 0.316 e. The average molecular weight is 239 g/mol. The van der Waals surface area contributed by atoms with Crippen molar-refractivity contribution in [3.8, 4) is 0 Å². The molecule has 90 valence electrons. The topological polar surface area (TPSA) is 37.0 Å². The first-order valence-corrected chi connectivity index (χ1v) is 7.18. The number of nitrogens with zero attached hydrogens (tertiary/aromatic N) is 1. The quantitative estimate of drug-likeness (QED) is 0.741. The van der Waals surface area contributed by atoms with E-state index in [-0.39, 0.29) is 0 Å². The van der Waals surface area contributed by atoms with Gasteiger partial charge in [0.05, 0.1) is 11.2 Å². The summed E-state index contributed by atoms with van der Waals surface area (Å²) in [5.74, 6) is 0.889. The van der Waals surface area contributed by atoms with Crippen molar-refractivity contribution in [2.24, 2.45) is 5.92 Å². The second kappa shape index (κ2) is 6.99. The molecule has 1 fully saturated rings. The summed E-state index contributed by atoms with van der Waals surface area (Å²) >= 11 is 1.68. The Bertz CT molecular complexity index is 268. The fourth-order valence-electron chi connectivity index (χ4n) is 2.18. The van der Waals surface area contributed by atoms with E-state index in [4.69, 9.17) is 0 Å². The molecule has 2 heterocycles. The Balaban J connectivity index is 1.48. The molecule has 2 rings (SSSR count). The van der Waals surface area contributed by atoms with E-state index in [1.165, 1.54) is 38.0 Å². The molecule has 0 radical (unpaired) electrons. The molecule has 1 aliphatic heterocycles. The molecule has 0 spiro atoms. The van der Waals surface area contributed by atoms with Crippen LogP contribution in [-0.2, 0) is 6.42 Å². The zero-order valence-electron chi connectivity index (χ0n) is 9.74. The highest BCUT2D eigenvalue weighted by Crippen LogP contribution is 2.12. The minimum Gasteiger partial charge on any atom is -0.316 e. The Hall–Kier alpha value is -0.450. The van der Waals surface area contributed by atoms with Gasteiger partial charge in [-0.25, -0.2) is 4.98 Å². The van der Waals surface area contributed by atoms with Gasteiger partial charge in [-0.05, 0) is 44.8 Å². The second-order valence-corrected chi connectivity index (χ2v) is 5.20. The van der Waals surface area contributed by atoms with Crippen molar-refractivity contribution < 1.29 is 0 Å².